The number of nitrogens with one attached hydrogen (secondary N) is 1. The smallest absolute Gasteiger partial charge is 0.131 e. The van der Waals surface area contributed by atoms with E-state index >= 15 is 0 Å². The molecule has 0 atom stereocenters. The van der Waals surface area contributed by atoms with Crippen molar-refractivity contribution < 1.29 is 0 Å². The van der Waals surface area contributed by atoms with E-state index in [1.54, 1.807) is 0 Å². The van der Waals surface area contributed by atoms with Crippen molar-refractivity contribution in [3.05, 3.63) is 11.3 Å². The molecule has 1 saturated heterocycles. The van der Waals surface area contributed by atoms with Crippen molar-refractivity contribution in [1.82, 2.24) is 20.0 Å². The molecule has 0 aliphatic carbocycles. The summed E-state index contributed by atoms with van der Waals surface area (Å²) < 4.78 is 2.05. The molecule has 5 heteroatoms. The highest BCUT2D eigenvalue weighted by Crippen LogP contribution is 2.28. The van der Waals surface area contributed by atoms with Crippen LogP contribution in [0, 0.1) is 6.92 Å². The van der Waals surface area contributed by atoms with Gasteiger partial charge >= 0.3 is 0 Å². The lowest BCUT2D eigenvalue weighted by Crippen LogP contribution is -2.58. The first-order chi connectivity index (χ1) is 9.72. The first-order valence-corrected chi connectivity index (χ1v) is 7.94. The minimum Gasteiger partial charge on any atom is -0.353 e. The molecule has 1 aliphatic rings. The zero-order valence-electron chi connectivity index (χ0n) is 14.7. The highest BCUT2D eigenvalue weighted by molar-refractivity contribution is 5.51. The monoisotopic (exact) mass is 293 g/mol. The second-order valence-corrected chi connectivity index (χ2v) is 7.20. The van der Waals surface area contributed by atoms with Gasteiger partial charge in [-0.05, 0) is 27.8 Å². The third-order valence-corrected chi connectivity index (χ3v) is 4.62. The summed E-state index contributed by atoms with van der Waals surface area (Å²) in [5.74, 6) is 1.28. The van der Waals surface area contributed by atoms with Crippen molar-refractivity contribution >= 4 is 5.82 Å². The lowest BCUT2D eigenvalue weighted by Gasteiger charge is -2.46. The van der Waals surface area contributed by atoms with E-state index in [9.17, 15) is 0 Å². The van der Waals surface area contributed by atoms with Crippen LogP contribution in [0.2, 0.25) is 0 Å². The van der Waals surface area contributed by atoms with Crippen LogP contribution in [-0.2, 0) is 13.6 Å². The molecule has 1 N–H and O–H groups in total. The number of nitrogens with zero attached hydrogens (tertiary/aromatic N) is 4. The van der Waals surface area contributed by atoms with Crippen LogP contribution in [-0.4, -0.2) is 52.9 Å². The fourth-order valence-corrected chi connectivity index (χ4v) is 3.02. The quantitative estimate of drug-likeness (QED) is 0.918. The van der Waals surface area contributed by atoms with Gasteiger partial charge in [-0.15, -0.1) is 0 Å². The van der Waals surface area contributed by atoms with E-state index in [2.05, 4.69) is 68.9 Å². The maximum absolute atomic E-state index is 4.65. The Hall–Kier alpha value is -1.07. The molecule has 2 rings (SSSR count). The molecule has 0 saturated carbocycles. The Bertz CT molecular complexity index is 489. The molecule has 2 heterocycles. The Kier molecular flexibility index (Phi) is 4.63. The van der Waals surface area contributed by atoms with Crippen molar-refractivity contribution in [3.8, 4) is 0 Å². The first-order valence-electron chi connectivity index (χ1n) is 7.94. The predicted molar refractivity (Wildman–Crippen MR) is 88.8 cm³/mol. The zero-order chi connectivity index (χ0) is 15.8. The van der Waals surface area contributed by atoms with Crippen molar-refractivity contribution in [1.29, 1.82) is 0 Å². The van der Waals surface area contributed by atoms with Crippen LogP contribution < -0.4 is 10.2 Å². The highest BCUT2D eigenvalue weighted by Gasteiger charge is 2.33. The summed E-state index contributed by atoms with van der Waals surface area (Å²) in [5.41, 5.74) is 2.67. The van der Waals surface area contributed by atoms with Gasteiger partial charge in [0.2, 0.25) is 0 Å². The van der Waals surface area contributed by atoms with Crippen LogP contribution >= 0.6 is 0 Å². The normalized spacial score (nSPS) is 19.5. The molecular weight excluding hydrogens is 262 g/mol. The van der Waals surface area contributed by atoms with Gasteiger partial charge in [-0.25, -0.2) is 0 Å². The summed E-state index contributed by atoms with van der Waals surface area (Å²) in [6.45, 7) is 15.2. The van der Waals surface area contributed by atoms with Gasteiger partial charge < -0.3 is 10.2 Å². The predicted octanol–water partition coefficient (Wildman–Crippen LogP) is 1.76. The fraction of sp³-hybridized carbons (Fsp3) is 0.812. The van der Waals surface area contributed by atoms with E-state index in [1.807, 2.05) is 4.68 Å². The molecule has 21 heavy (non-hydrogen) atoms. The minimum absolute atomic E-state index is 0.194. The zero-order valence-corrected chi connectivity index (χ0v) is 14.7. The molecule has 120 valence electrons. The van der Waals surface area contributed by atoms with Gasteiger partial charge in [0.05, 0.1) is 5.69 Å². The number of rotatable bonds is 4. The van der Waals surface area contributed by atoms with Crippen LogP contribution in [0.1, 0.15) is 39.0 Å². The second-order valence-electron chi connectivity index (χ2n) is 7.20. The standard InChI is InChI=1S/C16H31N5/c1-12(2)17-10-14-13(3)18-20(7)15(14)21-9-8-19(6)16(4,5)11-21/h12,17H,8-11H2,1-7H3. The Morgan fingerprint density at radius 3 is 2.48 bits per heavy atom. The number of anilines is 1. The first kappa shape index (κ1) is 16.3. The number of likely N-dealkylation sites (N-methyl/N-ethyl adjacent to an activating group) is 1. The van der Waals surface area contributed by atoms with Gasteiger partial charge in [0.1, 0.15) is 5.82 Å². The van der Waals surface area contributed by atoms with Crippen LogP contribution in [0.3, 0.4) is 0 Å². The SMILES string of the molecule is Cc1nn(C)c(N2CCN(C)C(C)(C)C2)c1CNC(C)C. The summed E-state index contributed by atoms with van der Waals surface area (Å²) in [6.07, 6.45) is 0. The average molecular weight is 293 g/mol. The average Bonchev–Trinajstić information content (AvgIpc) is 2.64. The topological polar surface area (TPSA) is 36.3 Å². The van der Waals surface area contributed by atoms with Crippen LogP contribution in [0.15, 0.2) is 0 Å². The molecule has 0 aromatic carbocycles. The Balaban J connectivity index is 2.26. The van der Waals surface area contributed by atoms with Gasteiger partial charge in [-0.1, -0.05) is 13.8 Å². The largest absolute Gasteiger partial charge is 0.353 e. The van der Waals surface area contributed by atoms with Gasteiger partial charge in [0, 0.05) is 50.4 Å². The number of hydrogen-bond acceptors (Lipinski definition) is 4. The summed E-state index contributed by atoms with van der Waals surface area (Å²) in [6, 6.07) is 0.487. The number of aromatic nitrogens is 2. The molecular formula is C16H31N5. The summed E-state index contributed by atoms with van der Waals surface area (Å²) in [5, 5.41) is 8.19. The number of piperazine rings is 1. The molecule has 1 aromatic rings. The number of hydrogen-bond donors (Lipinski definition) is 1. The van der Waals surface area contributed by atoms with Crippen LogP contribution in [0.4, 0.5) is 5.82 Å². The number of aryl methyl sites for hydroxylation is 2. The van der Waals surface area contributed by atoms with Gasteiger partial charge in [-0.2, -0.15) is 5.10 Å². The molecule has 1 aromatic heterocycles. The summed E-state index contributed by atoms with van der Waals surface area (Å²) in [7, 11) is 4.28. The van der Waals surface area contributed by atoms with Gasteiger partial charge in [0.25, 0.3) is 0 Å². The maximum Gasteiger partial charge on any atom is 0.131 e. The Labute approximate surface area is 129 Å². The van der Waals surface area contributed by atoms with Gasteiger partial charge in [-0.3, -0.25) is 9.58 Å². The lowest BCUT2D eigenvalue weighted by atomic mass is 9.99. The van der Waals surface area contributed by atoms with Crippen LogP contribution in [0.5, 0.6) is 0 Å². The van der Waals surface area contributed by atoms with Gasteiger partial charge in [0.15, 0.2) is 0 Å². The van der Waals surface area contributed by atoms with E-state index in [4.69, 9.17) is 0 Å². The fourth-order valence-electron chi connectivity index (χ4n) is 3.02. The molecule has 1 fully saturated rings. The molecule has 0 amide bonds. The molecule has 0 radical (unpaired) electrons. The van der Waals surface area contributed by atoms with E-state index < -0.39 is 0 Å². The summed E-state index contributed by atoms with van der Waals surface area (Å²) >= 11 is 0. The van der Waals surface area contributed by atoms with Crippen LogP contribution in [0.25, 0.3) is 0 Å². The Morgan fingerprint density at radius 2 is 1.90 bits per heavy atom. The summed E-state index contributed by atoms with van der Waals surface area (Å²) in [4.78, 5) is 4.94. The molecule has 1 aliphatic heterocycles. The minimum atomic E-state index is 0.194. The Morgan fingerprint density at radius 1 is 1.24 bits per heavy atom. The van der Waals surface area contributed by atoms with E-state index in [0.717, 1.165) is 31.9 Å². The van der Waals surface area contributed by atoms with E-state index in [1.165, 1.54) is 11.4 Å². The molecule has 0 spiro atoms. The highest BCUT2D eigenvalue weighted by atomic mass is 15.4. The third kappa shape index (κ3) is 3.40. The van der Waals surface area contributed by atoms with Crippen molar-refractivity contribution in [2.45, 2.75) is 52.7 Å². The molecule has 0 bridgehead atoms. The second kappa shape index (κ2) is 5.97. The molecule has 0 unspecified atom stereocenters. The van der Waals surface area contributed by atoms with Crippen molar-refractivity contribution in [2.75, 3.05) is 31.6 Å². The third-order valence-electron chi connectivity index (χ3n) is 4.62. The van der Waals surface area contributed by atoms with Crippen molar-refractivity contribution in [3.63, 3.8) is 0 Å². The lowest BCUT2D eigenvalue weighted by molar-refractivity contribution is 0.138. The molecule has 5 nitrogen and oxygen atoms in total. The van der Waals surface area contributed by atoms with E-state index in [-0.39, 0.29) is 5.54 Å². The maximum atomic E-state index is 4.65. The van der Waals surface area contributed by atoms with Crippen molar-refractivity contribution in [2.24, 2.45) is 7.05 Å². The van der Waals surface area contributed by atoms with E-state index in [0.29, 0.717) is 6.04 Å².